The molecule has 1 aromatic carbocycles. The predicted molar refractivity (Wildman–Crippen MR) is 61.4 cm³/mol. The van der Waals surface area contributed by atoms with Crippen LogP contribution in [0.4, 0.5) is 11.4 Å². The number of aryl methyl sites for hydroxylation is 1. The van der Waals surface area contributed by atoms with Crippen molar-refractivity contribution < 1.29 is 10.0 Å². The number of rotatable bonds is 2. The van der Waals surface area contributed by atoms with Gasteiger partial charge in [-0.1, -0.05) is 0 Å². The Hall–Kier alpha value is -2.57. The molecule has 1 aromatic heterocycles. The quantitative estimate of drug-likeness (QED) is 0.601. The Morgan fingerprint density at radius 3 is 2.71 bits per heavy atom. The summed E-state index contributed by atoms with van der Waals surface area (Å²) in [4.78, 5) is 9.91. The third kappa shape index (κ3) is 1.78. The Labute approximate surface area is 96.2 Å². The summed E-state index contributed by atoms with van der Waals surface area (Å²) in [7, 11) is 1.70. The Bertz CT molecular complexity index is 572. The van der Waals surface area contributed by atoms with Crippen molar-refractivity contribution in [1.29, 1.82) is 0 Å². The van der Waals surface area contributed by atoms with Gasteiger partial charge in [0.2, 0.25) is 0 Å². The van der Waals surface area contributed by atoms with E-state index in [0.29, 0.717) is 16.9 Å². The SMILES string of the molecule is Cn1ncc(N)c1-c1ccc([N+](=O)[O-])c(O)c1. The van der Waals surface area contributed by atoms with Gasteiger partial charge in [0.25, 0.3) is 0 Å². The first-order valence-corrected chi connectivity index (χ1v) is 4.76. The van der Waals surface area contributed by atoms with Gasteiger partial charge in [-0.05, 0) is 12.1 Å². The molecule has 88 valence electrons. The number of nitro groups is 1. The van der Waals surface area contributed by atoms with Crippen LogP contribution in [0.15, 0.2) is 24.4 Å². The lowest BCUT2D eigenvalue weighted by Crippen LogP contribution is -1.96. The zero-order chi connectivity index (χ0) is 12.6. The molecule has 0 radical (unpaired) electrons. The summed E-state index contributed by atoms with van der Waals surface area (Å²) < 4.78 is 1.54. The number of nitrogens with two attached hydrogens (primary N) is 1. The summed E-state index contributed by atoms with van der Waals surface area (Å²) in [6.07, 6.45) is 1.48. The lowest BCUT2D eigenvalue weighted by molar-refractivity contribution is -0.385. The Morgan fingerprint density at radius 1 is 1.53 bits per heavy atom. The van der Waals surface area contributed by atoms with Gasteiger partial charge in [-0.15, -0.1) is 0 Å². The number of anilines is 1. The molecule has 7 heteroatoms. The first-order valence-electron chi connectivity index (χ1n) is 4.76. The fourth-order valence-corrected chi connectivity index (χ4v) is 1.63. The largest absolute Gasteiger partial charge is 0.502 e. The molecule has 0 spiro atoms. The highest BCUT2D eigenvalue weighted by Crippen LogP contribution is 2.33. The minimum atomic E-state index is -0.647. The number of phenolic OH excluding ortho intramolecular Hbond substituents is 1. The van der Waals surface area contributed by atoms with E-state index < -0.39 is 10.7 Å². The van der Waals surface area contributed by atoms with E-state index >= 15 is 0 Å². The molecule has 7 nitrogen and oxygen atoms in total. The van der Waals surface area contributed by atoms with Gasteiger partial charge >= 0.3 is 5.69 Å². The molecule has 17 heavy (non-hydrogen) atoms. The summed E-state index contributed by atoms with van der Waals surface area (Å²) in [5.74, 6) is -0.395. The number of benzene rings is 1. The van der Waals surface area contributed by atoms with E-state index in [4.69, 9.17) is 5.73 Å². The Kier molecular flexibility index (Phi) is 2.43. The van der Waals surface area contributed by atoms with E-state index in [-0.39, 0.29) is 5.69 Å². The molecule has 2 aromatic rings. The molecular weight excluding hydrogens is 224 g/mol. The van der Waals surface area contributed by atoms with Gasteiger partial charge in [0.15, 0.2) is 5.75 Å². The summed E-state index contributed by atoms with van der Waals surface area (Å²) in [6, 6.07) is 4.05. The molecule has 0 aliphatic heterocycles. The molecule has 0 amide bonds. The normalized spacial score (nSPS) is 10.4. The van der Waals surface area contributed by atoms with E-state index in [9.17, 15) is 15.2 Å². The van der Waals surface area contributed by atoms with Crippen LogP contribution in [0.25, 0.3) is 11.3 Å². The molecule has 0 fully saturated rings. The zero-order valence-corrected chi connectivity index (χ0v) is 8.99. The van der Waals surface area contributed by atoms with E-state index in [1.807, 2.05) is 0 Å². The Morgan fingerprint density at radius 2 is 2.24 bits per heavy atom. The van der Waals surface area contributed by atoms with Gasteiger partial charge in [0.1, 0.15) is 0 Å². The molecule has 0 atom stereocenters. The minimum Gasteiger partial charge on any atom is -0.502 e. The smallest absolute Gasteiger partial charge is 0.310 e. The number of nitrogen functional groups attached to an aromatic ring is 1. The van der Waals surface area contributed by atoms with Crippen LogP contribution >= 0.6 is 0 Å². The molecule has 2 rings (SSSR count). The predicted octanol–water partition coefficient (Wildman–Crippen LogP) is 1.28. The van der Waals surface area contributed by atoms with Crippen LogP contribution in [0, 0.1) is 10.1 Å². The van der Waals surface area contributed by atoms with Crippen molar-refractivity contribution >= 4 is 11.4 Å². The standard InChI is InChI=1S/C10H10N4O3/c1-13-10(7(11)5-12-13)6-2-3-8(14(16)17)9(15)4-6/h2-5,15H,11H2,1H3. The van der Waals surface area contributed by atoms with Crippen molar-refractivity contribution in [1.82, 2.24) is 9.78 Å². The Balaban J connectivity index is 2.56. The van der Waals surface area contributed by atoms with Crippen LogP contribution < -0.4 is 5.73 Å². The van der Waals surface area contributed by atoms with Crippen LogP contribution in [-0.2, 0) is 7.05 Å². The molecule has 0 aliphatic rings. The maximum absolute atomic E-state index is 10.6. The van der Waals surface area contributed by atoms with Crippen molar-refractivity contribution in [2.24, 2.45) is 7.05 Å². The summed E-state index contributed by atoms with van der Waals surface area (Å²) in [5.41, 5.74) is 7.01. The molecule has 0 aliphatic carbocycles. The number of hydrogen-bond donors (Lipinski definition) is 2. The number of nitro benzene ring substituents is 1. The fourth-order valence-electron chi connectivity index (χ4n) is 1.63. The number of phenols is 1. The van der Waals surface area contributed by atoms with Gasteiger partial charge in [-0.3, -0.25) is 14.8 Å². The van der Waals surface area contributed by atoms with Gasteiger partial charge < -0.3 is 10.8 Å². The number of nitrogens with zero attached hydrogens (tertiary/aromatic N) is 3. The molecule has 3 N–H and O–H groups in total. The third-order valence-electron chi connectivity index (χ3n) is 2.41. The lowest BCUT2D eigenvalue weighted by Gasteiger charge is -2.04. The van der Waals surface area contributed by atoms with Crippen molar-refractivity contribution in [3.63, 3.8) is 0 Å². The number of aromatic nitrogens is 2. The van der Waals surface area contributed by atoms with Crippen molar-refractivity contribution in [2.75, 3.05) is 5.73 Å². The number of hydrogen-bond acceptors (Lipinski definition) is 5. The van der Waals surface area contributed by atoms with Crippen LogP contribution in [-0.4, -0.2) is 19.8 Å². The highest BCUT2D eigenvalue weighted by atomic mass is 16.6. The maximum Gasteiger partial charge on any atom is 0.310 e. The molecule has 1 heterocycles. The van der Waals surface area contributed by atoms with E-state index in [1.165, 1.54) is 29.1 Å². The fraction of sp³-hybridized carbons (Fsp3) is 0.100. The maximum atomic E-state index is 10.6. The number of aromatic hydroxyl groups is 1. The van der Waals surface area contributed by atoms with Crippen LogP contribution in [0.1, 0.15) is 0 Å². The van der Waals surface area contributed by atoms with Gasteiger partial charge in [0.05, 0.1) is 22.5 Å². The van der Waals surface area contributed by atoms with Crippen molar-refractivity contribution in [2.45, 2.75) is 0 Å². The van der Waals surface area contributed by atoms with E-state index in [1.54, 1.807) is 7.05 Å². The lowest BCUT2D eigenvalue weighted by atomic mass is 10.1. The second kappa shape index (κ2) is 3.78. The first-order chi connectivity index (χ1) is 8.00. The third-order valence-corrected chi connectivity index (χ3v) is 2.41. The monoisotopic (exact) mass is 234 g/mol. The first kappa shape index (κ1) is 10.9. The summed E-state index contributed by atoms with van der Waals surface area (Å²) >= 11 is 0. The second-order valence-electron chi connectivity index (χ2n) is 3.53. The van der Waals surface area contributed by atoms with E-state index in [0.717, 1.165) is 0 Å². The van der Waals surface area contributed by atoms with E-state index in [2.05, 4.69) is 5.10 Å². The second-order valence-corrected chi connectivity index (χ2v) is 3.53. The average molecular weight is 234 g/mol. The van der Waals surface area contributed by atoms with Crippen molar-refractivity contribution in [3.8, 4) is 17.0 Å². The summed E-state index contributed by atoms with van der Waals surface area (Å²) in [6.45, 7) is 0. The van der Waals surface area contributed by atoms with Gasteiger partial charge in [-0.25, -0.2) is 0 Å². The molecular formula is C10H10N4O3. The summed E-state index contributed by atoms with van der Waals surface area (Å²) in [5, 5.41) is 24.0. The topological polar surface area (TPSA) is 107 Å². The minimum absolute atomic E-state index is 0.338. The molecule has 0 saturated heterocycles. The molecule has 0 bridgehead atoms. The molecule has 0 unspecified atom stereocenters. The zero-order valence-electron chi connectivity index (χ0n) is 8.99. The van der Waals surface area contributed by atoms with Crippen LogP contribution in [0.2, 0.25) is 0 Å². The molecule has 0 saturated carbocycles. The van der Waals surface area contributed by atoms with Gasteiger partial charge in [0, 0.05) is 18.7 Å². The average Bonchev–Trinajstić information content (AvgIpc) is 2.58. The highest BCUT2D eigenvalue weighted by Gasteiger charge is 2.16. The van der Waals surface area contributed by atoms with Crippen LogP contribution in [0.3, 0.4) is 0 Å². The van der Waals surface area contributed by atoms with Crippen molar-refractivity contribution in [3.05, 3.63) is 34.5 Å². The highest BCUT2D eigenvalue weighted by molar-refractivity contribution is 5.74. The van der Waals surface area contributed by atoms with Crippen LogP contribution in [0.5, 0.6) is 5.75 Å². The van der Waals surface area contributed by atoms with Gasteiger partial charge in [-0.2, -0.15) is 5.10 Å².